The fourth-order valence-corrected chi connectivity index (χ4v) is 5.98. The predicted molar refractivity (Wildman–Crippen MR) is 143 cm³/mol. The van der Waals surface area contributed by atoms with E-state index >= 15 is 0 Å². The molecule has 0 spiro atoms. The minimum absolute atomic E-state index is 0.0905. The monoisotopic (exact) mass is 497 g/mol. The van der Waals surface area contributed by atoms with E-state index in [4.69, 9.17) is 9.72 Å². The number of ether oxygens (including phenoxy) is 1. The Morgan fingerprint density at radius 2 is 2.08 bits per heavy atom. The quantitative estimate of drug-likeness (QED) is 0.526. The molecule has 4 heterocycles. The van der Waals surface area contributed by atoms with E-state index in [9.17, 15) is 10.1 Å². The highest BCUT2D eigenvalue weighted by molar-refractivity contribution is 5.79. The van der Waals surface area contributed by atoms with Crippen molar-refractivity contribution in [3.05, 3.63) is 47.4 Å². The first kappa shape index (κ1) is 24.1. The Bertz CT molecular complexity index is 1260. The number of nitrogens with zero attached hydrogens (tertiary/aromatic N) is 5. The first-order valence-corrected chi connectivity index (χ1v) is 13.8. The van der Waals surface area contributed by atoms with Gasteiger partial charge in [-0.15, -0.1) is 0 Å². The minimum atomic E-state index is 0.0905. The van der Waals surface area contributed by atoms with Crippen LogP contribution in [0.25, 0.3) is 17.2 Å². The van der Waals surface area contributed by atoms with Crippen LogP contribution in [0.2, 0.25) is 0 Å². The van der Waals surface area contributed by atoms with Crippen LogP contribution in [0.3, 0.4) is 0 Å². The van der Waals surface area contributed by atoms with Crippen LogP contribution in [0, 0.1) is 17.2 Å². The molecular formula is C30H35N5O2. The van der Waals surface area contributed by atoms with E-state index in [-0.39, 0.29) is 18.1 Å². The maximum atomic E-state index is 13.2. The zero-order chi connectivity index (χ0) is 25.5. The summed E-state index contributed by atoms with van der Waals surface area (Å²) < 4.78 is 5.54. The summed E-state index contributed by atoms with van der Waals surface area (Å²) in [6.07, 6.45) is 10.5. The smallest absolute Gasteiger partial charge is 0.225 e. The summed E-state index contributed by atoms with van der Waals surface area (Å²) in [5, 5.41) is 10.4. The Morgan fingerprint density at radius 3 is 2.70 bits per heavy atom. The number of amides is 1. The van der Waals surface area contributed by atoms with Gasteiger partial charge in [0.25, 0.3) is 0 Å². The van der Waals surface area contributed by atoms with Gasteiger partial charge in [0, 0.05) is 43.9 Å². The summed E-state index contributed by atoms with van der Waals surface area (Å²) in [4.78, 5) is 27.2. The van der Waals surface area contributed by atoms with Gasteiger partial charge in [0.1, 0.15) is 11.9 Å². The highest BCUT2D eigenvalue weighted by Crippen LogP contribution is 2.47. The molecule has 2 atom stereocenters. The van der Waals surface area contributed by atoms with Crippen molar-refractivity contribution in [2.24, 2.45) is 5.92 Å². The van der Waals surface area contributed by atoms with E-state index < -0.39 is 0 Å². The zero-order valence-electron chi connectivity index (χ0n) is 21.7. The van der Waals surface area contributed by atoms with Gasteiger partial charge >= 0.3 is 0 Å². The molecule has 2 aliphatic carbocycles. The molecule has 0 radical (unpaired) electrons. The van der Waals surface area contributed by atoms with Crippen molar-refractivity contribution >= 4 is 17.8 Å². The second kappa shape index (κ2) is 9.90. The van der Waals surface area contributed by atoms with E-state index in [0.29, 0.717) is 36.9 Å². The van der Waals surface area contributed by atoms with Crippen molar-refractivity contribution in [3.63, 3.8) is 0 Å². The highest BCUT2D eigenvalue weighted by Gasteiger charge is 2.43. The van der Waals surface area contributed by atoms with E-state index in [1.165, 1.54) is 12.8 Å². The van der Waals surface area contributed by atoms with Gasteiger partial charge in [-0.05, 0) is 73.8 Å². The minimum Gasteiger partial charge on any atom is -0.377 e. The number of carbonyl (C=O) groups excluding carboxylic acids is 1. The number of aromatic nitrogens is 2. The summed E-state index contributed by atoms with van der Waals surface area (Å²) in [5.41, 5.74) is 5.84. The van der Waals surface area contributed by atoms with Crippen molar-refractivity contribution in [2.75, 3.05) is 31.1 Å². The van der Waals surface area contributed by atoms with E-state index in [2.05, 4.69) is 40.4 Å². The Hall–Kier alpha value is -3.24. The first-order valence-electron chi connectivity index (χ1n) is 13.8. The van der Waals surface area contributed by atoms with Crippen molar-refractivity contribution in [1.29, 1.82) is 5.26 Å². The van der Waals surface area contributed by atoms with Crippen LogP contribution >= 0.6 is 0 Å². The number of hydrogen-bond donors (Lipinski definition) is 0. The summed E-state index contributed by atoms with van der Waals surface area (Å²) in [7, 11) is 0. The number of anilines is 1. The van der Waals surface area contributed by atoms with E-state index in [0.717, 1.165) is 72.7 Å². The molecule has 37 heavy (non-hydrogen) atoms. The Kier molecular flexibility index (Phi) is 6.46. The number of rotatable bonds is 8. The van der Waals surface area contributed by atoms with Gasteiger partial charge in [-0.2, -0.15) is 5.26 Å². The second-order valence-electron chi connectivity index (χ2n) is 10.9. The van der Waals surface area contributed by atoms with E-state index in [1.54, 1.807) is 6.08 Å². The number of hydrogen-bond acceptors (Lipinski definition) is 6. The average Bonchev–Trinajstić information content (AvgIpc) is 3.82. The van der Waals surface area contributed by atoms with Gasteiger partial charge in [-0.25, -0.2) is 4.98 Å². The van der Waals surface area contributed by atoms with E-state index in [1.807, 2.05) is 12.3 Å². The molecule has 7 nitrogen and oxygen atoms in total. The van der Waals surface area contributed by atoms with Crippen LogP contribution in [0.4, 0.5) is 5.82 Å². The van der Waals surface area contributed by atoms with Crippen LogP contribution in [0.5, 0.6) is 0 Å². The standard InChI is InChI=1S/C30H35N5O2/c1-3-22-15-21(9-11-32-22)28-24(4-2)25(17-31)30(33-29(28)20-7-8-20)34-12-13-35(26(18-34)19-5-6-19)27(36)16-23-10-14-37-23/h3,9,11,15,19-20,23,26H,1,4-8,10,12-14,16,18H2,2H3. The lowest BCUT2D eigenvalue weighted by atomic mass is 9.91. The number of carbonyl (C=O) groups is 1. The molecule has 4 aliphatic rings. The predicted octanol–water partition coefficient (Wildman–Crippen LogP) is 4.70. The number of piperazine rings is 1. The van der Waals surface area contributed by atoms with Gasteiger partial charge in [-0.1, -0.05) is 13.5 Å². The van der Waals surface area contributed by atoms with Crippen molar-refractivity contribution < 1.29 is 9.53 Å². The highest BCUT2D eigenvalue weighted by atomic mass is 16.5. The summed E-state index contributed by atoms with van der Waals surface area (Å²) in [6, 6.07) is 6.79. The molecule has 2 aromatic rings. The van der Waals surface area contributed by atoms with Crippen molar-refractivity contribution in [1.82, 2.24) is 14.9 Å². The van der Waals surface area contributed by atoms with Crippen LogP contribution in [-0.4, -0.2) is 59.2 Å². The third-order valence-corrected chi connectivity index (χ3v) is 8.42. The van der Waals surface area contributed by atoms with Crippen LogP contribution in [-0.2, 0) is 16.0 Å². The van der Waals surface area contributed by atoms with Crippen LogP contribution < -0.4 is 4.90 Å². The maximum absolute atomic E-state index is 13.2. The topological polar surface area (TPSA) is 82.4 Å². The van der Waals surface area contributed by atoms with Gasteiger partial charge in [0.05, 0.1) is 35.5 Å². The zero-order valence-corrected chi connectivity index (χ0v) is 21.7. The number of pyridine rings is 2. The molecule has 1 amide bonds. The summed E-state index contributed by atoms with van der Waals surface area (Å²) in [5.74, 6) is 2.00. The first-order chi connectivity index (χ1) is 18.1. The lowest BCUT2D eigenvalue weighted by Crippen LogP contribution is -2.57. The molecule has 0 N–H and O–H groups in total. The molecule has 2 saturated heterocycles. The lowest BCUT2D eigenvalue weighted by Gasteiger charge is -2.43. The molecule has 2 aliphatic heterocycles. The van der Waals surface area contributed by atoms with Gasteiger partial charge in [0.15, 0.2) is 0 Å². The molecule has 4 fully saturated rings. The molecule has 0 bridgehead atoms. The van der Waals surface area contributed by atoms with Crippen LogP contribution in [0.15, 0.2) is 24.9 Å². The van der Waals surface area contributed by atoms with Crippen LogP contribution in [0.1, 0.15) is 73.9 Å². The van der Waals surface area contributed by atoms with Crippen molar-refractivity contribution in [2.45, 2.75) is 69.9 Å². The molecule has 2 aromatic heterocycles. The second-order valence-corrected chi connectivity index (χ2v) is 10.9. The summed E-state index contributed by atoms with van der Waals surface area (Å²) in [6.45, 7) is 8.90. The fraction of sp³-hybridized carbons (Fsp3) is 0.533. The third kappa shape index (κ3) is 4.64. The number of nitriles is 1. The molecule has 6 rings (SSSR count). The Balaban J connectivity index is 1.36. The molecule has 0 aromatic carbocycles. The molecule has 2 saturated carbocycles. The van der Waals surface area contributed by atoms with Crippen molar-refractivity contribution in [3.8, 4) is 17.2 Å². The normalized spacial score (nSPS) is 23.4. The average molecular weight is 498 g/mol. The SMILES string of the molecule is C=Cc1cc(-c2c(C3CC3)nc(N3CCN(C(=O)CC4CCO4)C(C4CC4)C3)c(C#N)c2CC)ccn1. The molecule has 192 valence electrons. The largest absolute Gasteiger partial charge is 0.377 e. The molecule has 2 unspecified atom stereocenters. The Morgan fingerprint density at radius 1 is 1.27 bits per heavy atom. The maximum Gasteiger partial charge on any atom is 0.225 e. The molecular weight excluding hydrogens is 462 g/mol. The van der Waals surface area contributed by atoms with Gasteiger partial charge < -0.3 is 14.5 Å². The fourth-order valence-electron chi connectivity index (χ4n) is 5.98. The third-order valence-electron chi connectivity index (χ3n) is 8.42. The van der Waals surface area contributed by atoms with Gasteiger partial charge in [-0.3, -0.25) is 9.78 Å². The molecule has 7 heteroatoms. The summed E-state index contributed by atoms with van der Waals surface area (Å²) >= 11 is 0. The van der Waals surface area contributed by atoms with Gasteiger partial charge in [0.2, 0.25) is 5.91 Å². The Labute approximate surface area is 219 Å². The lowest BCUT2D eigenvalue weighted by molar-refractivity contribution is -0.142.